The van der Waals surface area contributed by atoms with Gasteiger partial charge in [0.1, 0.15) is 0 Å². The van der Waals surface area contributed by atoms with Gasteiger partial charge in [0.05, 0.1) is 18.5 Å². The van der Waals surface area contributed by atoms with Crippen LogP contribution in [0.3, 0.4) is 0 Å². The highest BCUT2D eigenvalue weighted by Crippen LogP contribution is 2.21. The zero-order valence-electron chi connectivity index (χ0n) is 10.9. The van der Waals surface area contributed by atoms with Crippen LogP contribution in [0.5, 0.6) is 0 Å². The van der Waals surface area contributed by atoms with E-state index in [4.69, 9.17) is 10.5 Å². The van der Waals surface area contributed by atoms with Crippen molar-refractivity contribution in [2.24, 2.45) is 11.7 Å². The second-order valence-electron chi connectivity index (χ2n) is 5.00. The Labute approximate surface area is 104 Å². The van der Waals surface area contributed by atoms with Crippen LogP contribution in [0.2, 0.25) is 0 Å². The quantitative estimate of drug-likeness (QED) is 0.754. The summed E-state index contributed by atoms with van der Waals surface area (Å²) in [7, 11) is -3.17. The maximum atomic E-state index is 12.0. The lowest BCUT2D eigenvalue weighted by Crippen LogP contribution is -2.35. The van der Waals surface area contributed by atoms with Crippen LogP contribution in [-0.2, 0) is 14.8 Å². The van der Waals surface area contributed by atoms with Crippen LogP contribution in [0.1, 0.15) is 27.2 Å². The van der Waals surface area contributed by atoms with E-state index in [-0.39, 0.29) is 30.4 Å². The molecule has 5 nitrogen and oxygen atoms in total. The standard InChI is InChI=1S/C11H24N2O3S/c1-9(2)16-6-7-17(14,15)13-5-4-11(8-13)10(3)12/h9-11H,4-8,12H2,1-3H3. The van der Waals surface area contributed by atoms with E-state index >= 15 is 0 Å². The molecule has 2 unspecified atom stereocenters. The van der Waals surface area contributed by atoms with E-state index in [2.05, 4.69) is 0 Å². The monoisotopic (exact) mass is 264 g/mol. The molecule has 1 saturated heterocycles. The Balaban J connectivity index is 2.44. The highest BCUT2D eigenvalue weighted by atomic mass is 32.2. The Bertz CT molecular complexity index is 328. The summed E-state index contributed by atoms with van der Waals surface area (Å²) in [4.78, 5) is 0. The van der Waals surface area contributed by atoms with E-state index in [0.717, 1.165) is 6.42 Å². The summed E-state index contributed by atoms with van der Waals surface area (Å²) in [5.74, 6) is 0.354. The molecule has 102 valence electrons. The fourth-order valence-electron chi connectivity index (χ4n) is 1.95. The Kier molecular flexibility index (Phi) is 5.37. The van der Waals surface area contributed by atoms with Crippen LogP contribution in [0, 0.1) is 5.92 Å². The maximum absolute atomic E-state index is 12.0. The van der Waals surface area contributed by atoms with Crippen molar-refractivity contribution in [3.8, 4) is 0 Å². The molecular weight excluding hydrogens is 240 g/mol. The van der Waals surface area contributed by atoms with Gasteiger partial charge < -0.3 is 10.5 Å². The molecule has 0 radical (unpaired) electrons. The van der Waals surface area contributed by atoms with Crippen LogP contribution in [0.4, 0.5) is 0 Å². The summed E-state index contributed by atoms with van der Waals surface area (Å²) < 4.78 is 30.8. The summed E-state index contributed by atoms with van der Waals surface area (Å²) in [5, 5.41) is 0. The first-order chi connectivity index (χ1) is 7.83. The van der Waals surface area contributed by atoms with Gasteiger partial charge in [-0.25, -0.2) is 12.7 Å². The van der Waals surface area contributed by atoms with Crippen LogP contribution in [0.15, 0.2) is 0 Å². The van der Waals surface area contributed by atoms with Gasteiger partial charge in [-0.2, -0.15) is 0 Å². The first-order valence-electron chi connectivity index (χ1n) is 6.18. The summed E-state index contributed by atoms with van der Waals surface area (Å²) in [5.41, 5.74) is 5.80. The lowest BCUT2D eigenvalue weighted by molar-refractivity contribution is 0.0907. The highest BCUT2D eigenvalue weighted by molar-refractivity contribution is 7.89. The van der Waals surface area contributed by atoms with Gasteiger partial charge >= 0.3 is 0 Å². The number of hydrogen-bond donors (Lipinski definition) is 1. The van der Waals surface area contributed by atoms with Crippen molar-refractivity contribution in [2.45, 2.75) is 39.3 Å². The molecule has 1 aliphatic heterocycles. The second-order valence-corrected chi connectivity index (χ2v) is 7.09. The van der Waals surface area contributed by atoms with Crippen molar-refractivity contribution in [1.29, 1.82) is 0 Å². The van der Waals surface area contributed by atoms with Crippen molar-refractivity contribution >= 4 is 10.0 Å². The molecule has 0 aromatic carbocycles. The maximum Gasteiger partial charge on any atom is 0.216 e. The van der Waals surface area contributed by atoms with E-state index in [1.165, 1.54) is 0 Å². The van der Waals surface area contributed by atoms with Crippen molar-refractivity contribution in [2.75, 3.05) is 25.4 Å². The van der Waals surface area contributed by atoms with Crippen LogP contribution in [0.25, 0.3) is 0 Å². The zero-order chi connectivity index (χ0) is 13.1. The van der Waals surface area contributed by atoms with E-state index < -0.39 is 10.0 Å². The van der Waals surface area contributed by atoms with E-state index in [1.807, 2.05) is 20.8 Å². The predicted molar refractivity (Wildman–Crippen MR) is 68.2 cm³/mol. The predicted octanol–water partition coefficient (Wildman–Crippen LogP) is 0.410. The molecule has 1 rings (SSSR count). The Morgan fingerprint density at radius 3 is 2.53 bits per heavy atom. The minimum atomic E-state index is -3.17. The Morgan fingerprint density at radius 2 is 2.06 bits per heavy atom. The van der Waals surface area contributed by atoms with E-state index in [9.17, 15) is 8.42 Å². The first-order valence-corrected chi connectivity index (χ1v) is 7.79. The summed E-state index contributed by atoms with van der Waals surface area (Å²) in [6, 6.07) is 0.0575. The van der Waals surface area contributed by atoms with Gasteiger partial charge in [0.2, 0.25) is 10.0 Å². The molecule has 1 aliphatic rings. The Hall–Kier alpha value is -0.170. The number of rotatable bonds is 6. The van der Waals surface area contributed by atoms with Gasteiger partial charge in [0.15, 0.2) is 0 Å². The molecule has 0 amide bonds. The normalized spacial score (nSPS) is 24.4. The van der Waals surface area contributed by atoms with Crippen LogP contribution < -0.4 is 5.73 Å². The number of hydrogen-bond acceptors (Lipinski definition) is 4. The van der Waals surface area contributed by atoms with Gasteiger partial charge in [-0.3, -0.25) is 0 Å². The molecule has 1 fully saturated rings. The fourth-order valence-corrected chi connectivity index (χ4v) is 3.32. The molecule has 0 spiro atoms. The zero-order valence-corrected chi connectivity index (χ0v) is 11.7. The smallest absolute Gasteiger partial charge is 0.216 e. The summed E-state index contributed by atoms with van der Waals surface area (Å²) in [6.45, 7) is 7.14. The van der Waals surface area contributed by atoms with Gasteiger partial charge in [0, 0.05) is 19.1 Å². The van der Waals surface area contributed by atoms with Gasteiger partial charge in [-0.05, 0) is 33.1 Å². The first kappa shape index (κ1) is 14.9. The third kappa shape index (κ3) is 4.54. The number of sulfonamides is 1. The number of nitrogens with two attached hydrogens (primary N) is 1. The minimum Gasteiger partial charge on any atom is -0.378 e. The molecule has 0 aromatic rings. The number of ether oxygens (including phenoxy) is 1. The van der Waals surface area contributed by atoms with Crippen LogP contribution in [-0.4, -0.2) is 50.3 Å². The van der Waals surface area contributed by atoms with Gasteiger partial charge in [0.25, 0.3) is 0 Å². The molecule has 0 saturated carbocycles. The molecule has 0 aliphatic carbocycles. The van der Waals surface area contributed by atoms with Gasteiger partial charge in [-0.1, -0.05) is 0 Å². The SMILES string of the molecule is CC(C)OCCS(=O)(=O)N1CCC(C(C)N)C1. The molecule has 17 heavy (non-hydrogen) atoms. The minimum absolute atomic E-state index is 0.0575. The average molecular weight is 264 g/mol. The lowest BCUT2D eigenvalue weighted by Gasteiger charge is -2.18. The average Bonchev–Trinajstić information content (AvgIpc) is 2.65. The highest BCUT2D eigenvalue weighted by Gasteiger charge is 2.32. The Morgan fingerprint density at radius 1 is 1.41 bits per heavy atom. The van der Waals surface area contributed by atoms with E-state index in [0.29, 0.717) is 13.1 Å². The van der Waals surface area contributed by atoms with E-state index in [1.54, 1.807) is 4.31 Å². The van der Waals surface area contributed by atoms with Crippen molar-refractivity contribution < 1.29 is 13.2 Å². The molecule has 0 bridgehead atoms. The van der Waals surface area contributed by atoms with Gasteiger partial charge in [-0.15, -0.1) is 0 Å². The molecule has 0 aromatic heterocycles. The van der Waals surface area contributed by atoms with Crippen LogP contribution >= 0.6 is 0 Å². The number of nitrogens with zero attached hydrogens (tertiary/aromatic N) is 1. The van der Waals surface area contributed by atoms with Crippen molar-refractivity contribution in [1.82, 2.24) is 4.31 Å². The fraction of sp³-hybridized carbons (Fsp3) is 1.00. The third-order valence-corrected chi connectivity index (χ3v) is 4.92. The third-order valence-electron chi connectivity index (χ3n) is 3.12. The molecule has 2 atom stereocenters. The summed E-state index contributed by atoms with van der Waals surface area (Å²) in [6.07, 6.45) is 0.933. The molecule has 2 N–H and O–H groups in total. The molecule has 1 heterocycles. The van der Waals surface area contributed by atoms with Crippen molar-refractivity contribution in [3.63, 3.8) is 0 Å². The lowest BCUT2D eigenvalue weighted by atomic mass is 10.0. The second kappa shape index (κ2) is 6.13. The largest absolute Gasteiger partial charge is 0.378 e. The topological polar surface area (TPSA) is 72.6 Å². The summed E-state index contributed by atoms with van der Waals surface area (Å²) >= 11 is 0. The van der Waals surface area contributed by atoms with Crippen molar-refractivity contribution in [3.05, 3.63) is 0 Å². The molecule has 6 heteroatoms. The molecular formula is C11H24N2O3S.